The van der Waals surface area contributed by atoms with Gasteiger partial charge in [0.1, 0.15) is 5.82 Å². The Bertz CT molecular complexity index is 1070. The third-order valence-corrected chi connectivity index (χ3v) is 8.47. The molecule has 1 fully saturated rings. The number of sulfonamides is 2. The van der Waals surface area contributed by atoms with Gasteiger partial charge in [0.05, 0.1) is 9.79 Å². The molecule has 6 nitrogen and oxygen atoms in total. The van der Waals surface area contributed by atoms with E-state index in [0.29, 0.717) is 12.0 Å². The minimum Gasteiger partial charge on any atom is -0.208 e. The average molecular weight is 441 g/mol. The molecule has 158 valence electrons. The molecule has 0 bridgehead atoms. The van der Waals surface area contributed by atoms with Crippen LogP contribution in [0.25, 0.3) is 0 Å². The predicted octanol–water partition coefficient (Wildman–Crippen LogP) is 3.26. The lowest BCUT2D eigenvalue weighted by Crippen LogP contribution is -2.33. The Morgan fingerprint density at radius 2 is 1.62 bits per heavy atom. The molecule has 0 amide bonds. The number of nitrogens with zero attached hydrogens (tertiary/aromatic N) is 1. The minimum absolute atomic E-state index is 0.00354. The maximum atomic E-state index is 14.0. The molecule has 0 radical (unpaired) electrons. The van der Waals surface area contributed by atoms with Crippen molar-refractivity contribution in [3.8, 4) is 0 Å². The SMILES string of the molecule is CC[C@@H](C)NS(=O)(=O)c1ccc(S(=O)(=O)N(Cc2ccccc2F)C2CC2)cc1. The molecule has 0 saturated heterocycles. The summed E-state index contributed by atoms with van der Waals surface area (Å²) in [6, 6.07) is 10.8. The minimum atomic E-state index is -3.89. The van der Waals surface area contributed by atoms with E-state index < -0.39 is 25.9 Å². The molecule has 1 aliphatic carbocycles. The van der Waals surface area contributed by atoms with Crippen LogP contribution in [0.3, 0.4) is 0 Å². The monoisotopic (exact) mass is 440 g/mol. The first kappa shape index (κ1) is 21.9. The molecule has 1 atom stereocenters. The maximum absolute atomic E-state index is 14.0. The van der Waals surface area contributed by atoms with Gasteiger partial charge in [0, 0.05) is 24.2 Å². The lowest BCUT2D eigenvalue weighted by molar-refractivity contribution is 0.391. The molecule has 1 saturated carbocycles. The van der Waals surface area contributed by atoms with Crippen LogP contribution in [0.4, 0.5) is 4.39 Å². The van der Waals surface area contributed by atoms with Crippen molar-refractivity contribution >= 4 is 20.0 Å². The Morgan fingerprint density at radius 1 is 1.03 bits per heavy atom. The summed E-state index contributed by atoms with van der Waals surface area (Å²) in [5, 5.41) is 0. The number of hydrogen-bond donors (Lipinski definition) is 1. The Labute approximate surface area is 171 Å². The molecule has 0 spiro atoms. The van der Waals surface area contributed by atoms with Gasteiger partial charge in [-0.1, -0.05) is 25.1 Å². The summed E-state index contributed by atoms with van der Waals surface area (Å²) >= 11 is 0. The van der Waals surface area contributed by atoms with Gasteiger partial charge < -0.3 is 0 Å². The largest absolute Gasteiger partial charge is 0.243 e. The first-order valence-electron chi connectivity index (χ1n) is 9.53. The van der Waals surface area contributed by atoms with Gasteiger partial charge in [0.25, 0.3) is 0 Å². The summed E-state index contributed by atoms with van der Waals surface area (Å²) in [6.07, 6.45) is 2.08. The summed E-state index contributed by atoms with van der Waals surface area (Å²) in [5.74, 6) is -0.453. The van der Waals surface area contributed by atoms with Crippen LogP contribution in [-0.2, 0) is 26.6 Å². The first-order chi connectivity index (χ1) is 13.6. The zero-order chi connectivity index (χ0) is 21.2. The fourth-order valence-corrected chi connectivity index (χ4v) is 5.90. The van der Waals surface area contributed by atoms with Crippen molar-refractivity contribution in [3.05, 3.63) is 59.9 Å². The van der Waals surface area contributed by atoms with E-state index in [2.05, 4.69) is 4.72 Å². The van der Waals surface area contributed by atoms with Gasteiger partial charge in [0.2, 0.25) is 20.0 Å². The van der Waals surface area contributed by atoms with Crippen LogP contribution in [0.2, 0.25) is 0 Å². The summed E-state index contributed by atoms with van der Waals surface area (Å²) in [7, 11) is -7.61. The number of halogens is 1. The van der Waals surface area contributed by atoms with E-state index in [4.69, 9.17) is 0 Å². The standard InChI is InChI=1S/C20H25FN2O4S2/c1-3-15(2)22-28(24,25)18-10-12-19(13-11-18)29(26,27)23(17-8-9-17)14-16-6-4-5-7-20(16)21/h4-7,10-13,15,17,22H,3,8-9,14H2,1-2H3/t15-/m1/s1. The van der Waals surface area contributed by atoms with Gasteiger partial charge in [-0.2, -0.15) is 4.31 Å². The molecule has 0 heterocycles. The Hall–Kier alpha value is -1.81. The molecule has 1 aliphatic rings. The van der Waals surface area contributed by atoms with Crippen LogP contribution in [0.1, 0.15) is 38.7 Å². The summed E-state index contributed by atoms with van der Waals surface area (Å²) in [4.78, 5) is -0.00736. The van der Waals surface area contributed by atoms with E-state index in [-0.39, 0.29) is 28.4 Å². The second-order valence-corrected chi connectivity index (χ2v) is 10.9. The quantitative estimate of drug-likeness (QED) is 0.649. The number of rotatable bonds is 9. The van der Waals surface area contributed by atoms with Crippen molar-refractivity contribution in [2.45, 2.75) is 61.5 Å². The van der Waals surface area contributed by atoms with Gasteiger partial charge >= 0.3 is 0 Å². The lowest BCUT2D eigenvalue weighted by Gasteiger charge is -2.22. The Morgan fingerprint density at radius 3 is 2.17 bits per heavy atom. The van der Waals surface area contributed by atoms with Gasteiger partial charge in [-0.05, 0) is 56.5 Å². The van der Waals surface area contributed by atoms with Crippen molar-refractivity contribution in [1.82, 2.24) is 9.03 Å². The van der Waals surface area contributed by atoms with Crippen LogP contribution in [0.15, 0.2) is 58.3 Å². The molecular weight excluding hydrogens is 415 g/mol. The van der Waals surface area contributed by atoms with E-state index in [1.807, 2.05) is 6.92 Å². The van der Waals surface area contributed by atoms with E-state index >= 15 is 0 Å². The highest BCUT2D eigenvalue weighted by atomic mass is 32.2. The molecule has 0 unspecified atom stereocenters. The third-order valence-electron chi connectivity index (χ3n) is 4.95. The molecule has 3 rings (SSSR count). The predicted molar refractivity (Wildman–Crippen MR) is 109 cm³/mol. The van der Waals surface area contributed by atoms with Crippen molar-refractivity contribution in [1.29, 1.82) is 0 Å². The zero-order valence-corrected chi connectivity index (χ0v) is 18.0. The number of nitrogens with one attached hydrogen (secondary N) is 1. The van der Waals surface area contributed by atoms with E-state index in [0.717, 1.165) is 12.8 Å². The molecule has 29 heavy (non-hydrogen) atoms. The molecule has 2 aromatic rings. The molecule has 0 aliphatic heterocycles. The Balaban J connectivity index is 1.87. The van der Waals surface area contributed by atoms with Crippen LogP contribution in [-0.4, -0.2) is 33.2 Å². The highest BCUT2D eigenvalue weighted by molar-refractivity contribution is 7.89. The number of benzene rings is 2. The van der Waals surface area contributed by atoms with Crippen LogP contribution in [0, 0.1) is 5.82 Å². The van der Waals surface area contributed by atoms with Gasteiger partial charge in [0.15, 0.2) is 0 Å². The molecule has 2 aromatic carbocycles. The van der Waals surface area contributed by atoms with Gasteiger partial charge in [-0.25, -0.2) is 25.9 Å². The fourth-order valence-electron chi connectivity index (χ4n) is 2.91. The topological polar surface area (TPSA) is 83.5 Å². The summed E-state index contributed by atoms with van der Waals surface area (Å²) in [6.45, 7) is 3.56. The van der Waals surface area contributed by atoms with Crippen molar-refractivity contribution in [2.24, 2.45) is 0 Å². The van der Waals surface area contributed by atoms with Gasteiger partial charge in [-0.3, -0.25) is 0 Å². The normalized spacial score (nSPS) is 16.1. The molecule has 1 N–H and O–H groups in total. The highest BCUT2D eigenvalue weighted by Crippen LogP contribution is 2.34. The summed E-state index contributed by atoms with van der Waals surface area (Å²) in [5.41, 5.74) is 0.305. The lowest BCUT2D eigenvalue weighted by atomic mass is 10.2. The molecule has 0 aromatic heterocycles. The van der Waals surface area contributed by atoms with Crippen LogP contribution >= 0.6 is 0 Å². The maximum Gasteiger partial charge on any atom is 0.243 e. The second-order valence-electron chi connectivity index (χ2n) is 7.27. The van der Waals surface area contributed by atoms with Crippen molar-refractivity contribution in [3.63, 3.8) is 0 Å². The average Bonchev–Trinajstić information content (AvgIpc) is 3.52. The zero-order valence-electron chi connectivity index (χ0n) is 16.4. The van der Waals surface area contributed by atoms with Gasteiger partial charge in [-0.15, -0.1) is 0 Å². The first-order valence-corrected chi connectivity index (χ1v) is 12.4. The third kappa shape index (κ3) is 5.03. The van der Waals surface area contributed by atoms with E-state index in [1.54, 1.807) is 25.1 Å². The number of hydrogen-bond acceptors (Lipinski definition) is 4. The summed E-state index contributed by atoms with van der Waals surface area (Å²) < 4.78 is 69.0. The van der Waals surface area contributed by atoms with E-state index in [1.165, 1.54) is 34.6 Å². The smallest absolute Gasteiger partial charge is 0.208 e. The van der Waals surface area contributed by atoms with Crippen molar-refractivity contribution in [2.75, 3.05) is 0 Å². The Kier molecular flexibility index (Phi) is 6.42. The van der Waals surface area contributed by atoms with Crippen molar-refractivity contribution < 1.29 is 21.2 Å². The van der Waals surface area contributed by atoms with Crippen LogP contribution < -0.4 is 4.72 Å². The molecule has 9 heteroatoms. The second kappa shape index (κ2) is 8.51. The molecular formula is C20H25FN2O4S2. The highest BCUT2D eigenvalue weighted by Gasteiger charge is 2.38. The fraction of sp³-hybridized carbons (Fsp3) is 0.400. The van der Waals surface area contributed by atoms with Crippen LogP contribution in [0.5, 0.6) is 0 Å². The van der Waals surface area contributed by atoms with E-state index in [9.17, 15) is 21.2 Å².